The topological polar surface area (TPSA) is 256 Å². The number of carboxylic acids is 3. The van der Waals surface area contributed by atoms with Crippen molar-refractivity contribution in [2.45, 2.75) is 37.8 Å². The van der Waals surface area contributed by atoms with Crippen LogP contribution in [0.1, 0.15) is 19.8 Å². The van der Waals surface area contributed by atoms with E-state index in [1.54, 1.807) is 19.1 Å². The average molecular weight is 886 g/mol. The molecule has 2 aliphatic heterocycles. The maximum absolute atomic E-state index is 14.1. The zero-order chi connectivity index (χ0) is 41.9. The van der Waals surface area contributed by atoms with Crippen molar-refractivity contribution in [1.82, 2.24) is 18.9 Å². The van der Waals surface area contributed by atoms with Crippen molar-refractivity contribution >= 4 is 103 Å². The standard InChI is InChI=1S/C33H35N5O14S5/c1-4-17(12-21-35(8-10-52-9-5-11-57(48,49)50)19-13-18(51-3)6-7-20(19)54-21)26-29(46)38(16-24(43)44)32(55-26)27-30(47)37(15-23(41)42)31(56-27)25-28(45)34(2)33(53)36(25)14-22(39)40/h6-7,12-13H,4-5,8-11,14-16H2,1-3H3,(H,39,40)(H,41,42)(H,43,44)(H,48,49,50)/b21-12?,26-17?,31-25?,32-27+. The second-order valence-corrected chi connectivity index (χ2v) is 17.2. The van der Waals surface area contributed by atoms with Gasteiger partial charge in [0, 0.05) is 31.2 Å². The highest BCUT2D eigenvalue weighted by molar-refractivity contribution is 8.03. The molecule has 0 unspecified atom stereocenters. The number of likely N-dealkylation sites (N-methyl/N-ethyl adjacent to an activating group) is 1. The molecule has 3 aromatic rings. The summed E-state index contributed by atoms with van der Waals surface area (Å²) in [5.41, 5.74) is -0.872. The summed E-state index contributed by atoms with van der Waals surface area (Å²) in [5, 5.41) is 29.6. The lowest BCUT2D eigenvalue weighted by molar-refractivity contribution is -0.138. The molecule has 1 amide bonds. The van der Waals surface area contributed by atoms with Crippen LogP contribution in [0.15, 0.2) is 43.8 Å². The molecule has 2 aliphatic rings. The normalized spacial score (nSPS) is 17.1. The van der Waals surface area contributed by atoms with Crippen LogP contribution in [0.5, 0.6) is 5.75 Å². The quantitative estimate of drug-likeness (QED) is 0.0849. The van der Waals surface area contributed by atoms with Crippen molar-refractivity contribution in [3.05, 3.63) is 68.4 Å². The van der Waals surface area contributed by atoms with Gasteiger partial charge in [-0.3, -0.25) is 52.3 Å². The molecule has 0 radical (unpaired) electrons. The highest BCUT2D eigenvalue weighted by atomic mass is 32.2. The minimum absolute atomic E-state index is 0.0607. The maximum atomic E-state index is 14.1. The molecule has 0 saturated carbocycles. The lowest BCUT2D eigenvalue weighted by atomic mass is 10.2. The van der Waals surface area contributed by atoms with Crippen LogP contribution in [-0.4, -0.2) is 122 Å². The maximum Gasteiger partial charge on any atom is 0.323 e. The number of carbonyl (C=O) groups is 4. The number of amides is 1. The fraction of sp³-hybridized carbons (Fsp3) is 0.364. The number of fused-ring (bicyclic) bond motifs is 1. The van der Waals surface area contributed by atoms with Crippen LogP contribution in [0.4, 0.5) is 5.69 Å². The second kappa shape index (κ2) is 17.7. The number of carboxylic acid groups (broad SMARTS) is 3. The minimum Gasteiger partial charge on any atom is -0.497 e. The Balaban J connectivity index is 1.75. The van der Waals surface area contributed by atoms with Crippen LogP contribution >= 0.6 is 46.7 Å². The minimum atomic E-state index is -4.14. The molecule has 0 bridgehead atoms. The number of aromatic nitrogens is 2. The fourth-order valence-electron chi connectivity index (χ4n) is 5.81. The van der Waals surface area contributed by atoms with E-state index in [9.17, 15) is 52.5 Å². The number of rotatable bonds is 16. The summed E-state index contributed by atoms with van der Waals surface area (Å²) in [6.45, 7) is -0.374. The van der Waals surface area contributed by atoms with Crippen LogP contribution in [0.25, 0.3) is 11.3 Å². The Morgan fingerprint density at radius 3 is 2.16 bits per heavy atom. The van der Waals surface area contributed by atoms with Gasteiger partial charge in [0.25, 0.3) is 27.1 Å². The number of ether oxygens (including phenoxy) is 2. The molecule has 0 aliphatic carbocycles. The van der Waals surface area contributed by atoms with Crippen molar-refractivity contribution in [1.29, 1.82) is 0 Å². The van der Waals surface area contributed by atoms with Crippen molar-refractivity contribution < 1.29 is 56.9 Å². The van der Waals surface area contributed by atoms with E-state index in [-0.39, 0.29) is 61.8 Å². The number of hydrogen-bond donors (Lipinski definition) is 4. The molecule has 2 aromatic heterocycles. The molecule has 0 spiro atoms. The van der Waals surface area contributed by atoms with Gasteiger partial charge < -0.3 is 29.7 Å². The van der Waals surface area contributed by atoms with Gasteiger partial charge in [-0.2, -0.15) is 8.42 Å². The number of thioether (sulfide) groups is 1. The van der Waals surface area contributed by atoms with Crippen molar-refractivity contribution in [3.63, 3.8) is 0 Å². The first-order chi connectivity index (χ1) is 26.9. The third kappa shape index (κ3) is 9.48. The van der Waals surface area contributed by atoms with Gasteiger partial charge in [-0.1, -0.05) is 18.7 Å². The van der Waals surface area contributed by atoms with E-state index >= 15 is 0 Å². The average Bonchev–Trinajstić information content (AvgIpc) is 3.80. The van der Waals surface area contributed by atoms with Gasteiger partial charge in [-0.25, -0.2) is 0 Å². The molecule has 0 atom stereocenters. The molecule has 5 rings (SSSR count). The number of thiazole rings is 2. The Morgan fingerprint density at radius 2 is 1.56 bits per heavy atom. The van der Waals surface area contributed by atoms with Crippen LogP contribution in [0.3, 0.4) is 0 Å². The summed E-state index contributed by atoms with van der Waals surface area (Å²) in [7, 11) is -1.34. The zero-order valence-electron chi connectivity index (χ0n) is 30.3. The number of allylic oxidation sites excluding steroid dienone is 1. The monoisotopic (exact) mass is 885 g/mol. The van der Waals surface area contributed by atoms with Gasteiger partial charge in [0.15, 0.2) is 5.11 Å². The van der Waals surface area contributed by atoms with Gasteiger partial charge in [0.1, 0.15) is 44.9 Å². The van der Waals surface area contributed by atoms with E-state index < -0.39 is 70.4 Å². The number of carbonyl (C=O) groups excluding carboxylic acids is 1. The van der Waals surface area contributed by atoms with Crippen molar-refractivity contribution in [2.75, 3.05) is 51.1 Å². The summed E-state index contributed by atoms with van der Waals surface area (Å²) in [5.74, 6) is -4.97. The molecule has 57 heavy (non-hydrogen) atoms. The van der Waals surface area contributed by atoms with Gasteiger partial charge in [-0.15, -0.1) is 22.7 Å². The number of benzene rings is 1. The van der Waals surface area contributed by atoms with Gasteiger partial charge in [-0.05, 0) is 48.8 Å². The third-order valence-electron chi connectivity index (χ3n) is 8.40. The summed E-state index contributed by atoms with van der Waals surface area (Å²) >= 11 is 8.04. The predicted octanol–water partition coefficient (Wildman–Crippen LogP) is 0.158. The molecular weight excluding hydrogens is 851 g/mol. The molecule has 1 fully saturated rings. The molecule has 1 aromatic carbocycles. The second-order valence-electron chi connectivity index (χ2n) is 12.2. The Hall–Kier alpha value is -4.85. The summed E-state index contributed by atoms with van der Waals surface area (Å²) in [4.78, 5) is 82.0. The molecular formula is C33H35N5O14S5. The van der Waals surface area contributed by atoms with Gasteiger partial charge >= 0.3 is 17.9 Å². The van der Waals surface area contributed by atoms with Gasteiger partial charge in [0.05, 0.1) is 34.7 Å². The first kappa shape index (κ1) is 43.3. The molecule has 24 heteroatoms. The number of aliphatic carboxylic acids is 3. The van der Waals surface area contributed by atoms with E-state index in [1.165, 1.54) is 25.9 Å². The lowest BCUT2D eigenvalue weighted by Crippen LogP contribution is -2.37. The van der Waals surface area contributed by atoms with Crippen molar-refractivity contribution in [2.24, 2.45) is 0 Å². The smallest absolute Gasteiger partial charge is 0.323 e. The van der Waals surface area contributed by atoms with Crippen molar-refractivity contribution in [3.8, 4) is 5.75 Å². The number of methoxy groups -OCH3 is 1. The SMILES string of the molecule is CCC(C=C1Sc2ccc(OC)cc2N1CCOCCCS(=O)(=O)O)=c1s/c(=c2/sc(=C3C(=O)N(C)C(=S)N3CC(=O)O)n(CC(=O)O)c2=O)n(CC(=O)O)c1=O. The predicted molar refractivity (Wildman–Crippen MR) is 212 cm³/mol. The molecule has 1 saturated heterocycles. The Labute approximate surface area is 340 Å². The van der Waals surface area contributed by atoms with E-state index in [4.69, 9.17) is 26.2 Å². The molecule has 4 N–H and O–H groups in total. The summed E-state index contributed by atoms with van der Waals surface area (Å²) in [6.07, 6.45) is 2.07. The van der Waals surface area contributed by atoms with Crippen LogP contribution in [0, 0.1) is 9.20 Å². The first-order valence-electron chi connectivity index (χ1n) is 16.7. The Morgan fingerprint density at radius 1 is 0.912 bits per heavy atom. The van der Waals surface area contributed by atoms with Crippen LogP contribution in [-0.2, 0) is 47.1 Å². The first-order valence-corrected chi connectivity index (χ1v) is 21.2. The molecule has 306 valence electrons. The van der Waals surface area contributed by atoms with E-state index in [0.29, 0.717) is 27.7 Å². The Bertz CT molecular complexity index is 2660. The highest BCUT2D eigenvalue weighted by Gasteiger charge is 2.39. The van der Waals surface area contributed by atoms with Gasteiger partial charge in [0.2, 0.25) is 0 Å². The van der Waals surface area contributed by atoms with Crippen LogP contribution < -0.4 is 30.0 Å². The number of anilines is 1. The number of thiocarbonyl (C=S) groups is 1. The third-order valence-corrected chi connectivity index (χ3v) is 13.4. The summed E-state index contributed by atoms with van der Waals surface area (Å²) < 4.78 is 43.3. The highest BCUT2D eigenvalue weighted by Crippen LogP contribution is 2.47. The largest absolute Gasteiger partial charge is 0.497 e. The number of hydrogen-bond acceptors (Lipinski definition) is 15. The Kier molecular flexibility index (Phi) is 13.5. The van der Waals surface area contributed by atoms with Crippen LogP contribution in [0.2, 0.25) is 0 Å². The lowest BCUT2D eigenvalue weighted by Gasteiger charge is -2.21. The fourth-order valence-corrected chi connectivity index (χ4v) is 10.2. The molecule has 19 nitrogen and oxygen atoms in total. The van der Waals surface area contributed by atoms with E-state index in [2.05, 4.69) is 0 Å². The number of nitrogens with zero attached hydrogens (tertiary/aromatic N) is 5. The van der Waals surface area contributed by atoms with E-state index in [0.717, 1.165) is 40.9 Å². The summed E-state index contributed by atoms with van der Waals surface area (Å²) in [6, 6.07) is 5.43. The zero-order valence-corrected chi connectivity index (χ0v) is 34.4. The van der Waals surface area contributed by atoms with E-state index in [1.807, 2.05) is 17.0 Å². The molecule has 4 heterocycles.